The molecule has 2 aromatic carbocycles. The van der Waals surface area contributed by atoms with Crippen LogP contribution in [-0.4, -0.2) is 29.7 Å². The average molecular weight is 371 g/mol. The maximum absolute atomic E-state index is 12.5. The maximum atomic E-state index is 12.5. The number of methoxy groups -OCH3 is 1. The Morgan fingerprint density at radius 2 is 2.16 bits per heavy atom. The Balaban J connectivity index is 1.57. The third kappa shape index (κ3) is 3.18. The van der Waals surface area contributed by atoms with Gasteiger partial charge in [0.1, 0.15) is 5.75 Å². The molecule has 4 rings (SSSR count). The molecular formula is C17H13N3O3S2. The first-order valence-electron chi connectivity index (χ1n) is 7.45. The first-order valence-corrected chi connectivity index (χ1v) is 9.25. The standard InChI is InChI=1S/C17H13N3O3S2/c1-23-10-3-4-11-14(7-10)25-17(19-11)20-16(22)9-2-5-13-12(6-9)18-15(21)8-24-13/h2-7H,8H2,1H3,(H,18,21)(H,19,20,22). The monoisotopic (exact) mass is 371 g/mol. The minimum absolute atomic E-state index is 0.0600. The summed E-state index contributed by atoms with van der Waals surface area (Å²) < 4.78 is 6.13. The number of aromatic nitrogens is 1. The van der Waals surface area contributed by atoms with Crippen molar-refractivity contribution in [2.45, 2.75) is 4.90 Å². The Kier molecular flexibility index (Phi) is 4.06. The normalized spacial score (nSPS) is 13.2. The van der Waals surface area contributed by atoms with Gasteiger partial charge in [0.05, 0.1) is 28.8 Å². The summed E-state index contributed by atoms with van der Waals surface area (Å²) in [6, 6.07) is 10.8. The molecule has 126 valence electrons. The van der Waals surface area contributed by atoms with Crippen LogP contribution in [0.1, 0.15) is 10.4 Å². The topological polar surface area (TPSA) is 80.3 Å². The van der Waals surface area contributed by atoms with Crippen molar-refractivity contribution in [2.75, 3.05) is 23.5 Å². The summed E-state index contributed by atoms with van der Waals surface area (Å²) in [7, 11) is 1.61. The van der Waals surface area contributed by atoms with Gasteiger partial charge in [0.15, 0.2) is 5.13 Å². The third-order valence-electron chi connectivity index (χ3n) is 3.69. The Bertz CT molecular complexity index is 1000. The highest BCUT2D eigenvalue weighted by molar-refractivity contribution is 8.00. The number of benzene rings is 2. The lowest BCUT2D eigenvalue weighted by atomic mass is 10.2. The second kappa shape index (κ2) is 6.38. The van der Waals surface area contributed by atoms with Crippen molar-refractivity contribution in [3.8, 4) is 5.75 Å². The van der Waals surface area contributed by atoms with Gasteiger partial charge in [-0.1, -0.05) is 11.3 Å². The summed E-state index contributed by atoms with van der Waals surface area (Å²) in [4.78, 5) is 29.4. The molecule has 0 spiro atoms. The number of ether oxygens (including phenoxy) is 1. The van der Waals surface area contributed by atoms with Crippen molar-refractivity contribution in [2.24, 2.45) is 0 Å². The number of nitrogens with one attached hydrogen (secondary N) is 2. The van der Waals surface area contributed by atoms with E-state index in [0.717, 1.165) is 20.9 Å². The van der Waals surface area contributed by atoms with Gasteiger partial charge in [-0.05, 0) is 36.4 Å². The van der Waals surface area contributed by atoms with Crippen LogP contribution in [-0.2, 0) is 4.79 Å². The Morgan fingerprint density at radius 3 is 3.00 bits per heavy atom. The molecule has 0 radical (unpaired) electrons. The average Bonchev–Trinajstić information content (AvgIpc) is 3.02. The number of carbonyl (C=O) groups excluding carboxylic acids is 2. The zero-order valence-corrected chi connectivity index (χ0v) is 14.8. The lowest BCUT2D eigenvalue weighted by Gasteiger charge is -2.16. The minimum Gasteiger partial charge on any atom is -0.497 e. The molecular weight excluding hydrogens is 358 g/mol. The van der Waals surface area contributed by atoms with Crippen molar-refractivity contribution in [3.63, 3.8) is 0 Å². The molecule has 0 saturated heterocycles. The maximum Gasteiger partial charge on any atom is 0.257 e. The van der Waals surface area contributed by atoms with Crippen LogP contribution in [0.4, 0.5) is 10.8 Å². The van der Waals surface area contributed by atoms with Gasteiger partial charge in [-0.3, -0.25) is 14.9 Å². The number of thioether (sulfide) groups is 1. The molecule has 3 aromatic rings. The third-order valence-corrected chi connectivity index (χ3v) is 5.70. The number of amides is 2. The summed E-state index contributed by atoms with van der Waals surface area (Å²) in [5.74, 6) is 0.819. The van der Waals surface area contributed by atoms with E-state index in [9.17, 15) is 9.59 Å². The van der Waals surface area contributed by atoms with Crippen LogP contribution in [0.5, 0.6) is 5.75 Å². The number of rotatable bonds is 3. The summed E-state index contributed by atoms with van der Waals surface area (Å²) >= 11 is 2.84. The Morgan fingerprint density at radius 1 is 1.28 bits per heavy atom. The van der Waals surface area contributed by atoms with Gasteiger partial charge in [0, 0.05) is 10.5 Å². The highest BCUT2D eigenvalue weighted by Gasteiger charge is 2.18. The van der Waals surface area contributed by atoms with E-state index in [4.69, 9.17) is 4.74 Å². The van der Waals surface area contributed by atoms with E-state index in [1.54, 1.807) is 19.2 Å². The molecule has 0 saturated carbocycles. The molecule has 8 heteroatoms. The molecule has 6 nitrogen and oxygen atoms in total. The SMILES string of the molecule is COc1ccc2nc(NC(=O)c3ccc4c(c3)NC(=O)CS4)sc2c1. The van der Waals surface area contributed by atoms with Crippen LogP contribution in [0.3, 0.4) is 0 Å². The van der Waals surface area contributed by atoms with Gasteiger partial charge in [0.25, 0.3) is 5.91 Å². The molecule has 0 aliphatic carbocycles. The fourth-order valence-corrected chi connectivity index (χ4v) is 4.16. The zero-order chi connectivity index (χ0) is 17.4. The van der Waals surface area contributed by atoms with E-state index < -0.39 is 0 Å². The number of hydrogen-bond donors (Lipinski definition) is 2. The van der Waals surface area contributed by atoms with Crippen molar-refractivity contribution in [3.05, 3.63) is 42.0 Å². The Hall–Kier alpha value is -2.58. The molecule has 1 aliphatic heterocycles. The lowest BCUT2D eigenvalue weighted by molar-refractivity contribution is -0.113. The molecule has 2 heterocycles. The van der Waals surface area contributed by atoms with Crippen LogP contribution < -0.4 is 15.4 Å². The van der Waals surface area contributed by atoms with Crippen molar-refractivity contribution in [1.29, 1.82) is 0 Å². The summed E-state index contributed by atoms with van der Waals surface area (Å²) in [5.41, 5.74) is 1.94. The smallest absolute Gasteiger partial charge is 0.257 e. The van der Waals surface area contributed by atoms with Crippen molar-refractivity contribution < 1.29 is 14.3 Å². The van der Waals surface area contributed by atoms with Gasteiger partial charge in [-0.2, -0.15) is 0 Å². The quantitative estimate of drug-likeness (QED) is 0.735. The first-order chi connectivity index (χ1) is 12.1. The van der Waals surface area contributed by atoms with Crippen LogP contribution in [0, 0.1) is 0 Å². The molecule has 2 amide bonds. The Labute approximate surface area is 151 Å². The van der Waals surface area contributed by atoms with E-state index in [1.807, 2.05) is 24.3 Å². The van der Waals surface area contributed by atoms with Gasteiger partial charge in [0.2, 0.25) is 5.91 Å². The van der Waals surface area contributed by atoms with Gasteiger partial charge < -0.3 is 10.1 Å². The molecule has 2 N–H and O–H groups in total. The van der Waals surface area contributed by atoms with Gasteiger partial charge in [-0.15, -0.1) is 11.8 Å². The van der Waals surface area contributed by atoms with E-state index in [2.05, 4.69) is 15.6 Å². The first kappa shape index (κ1) is 15.9. The van der Waals surface area contributed by atoms with Crippen LogP contribution in [0.2, 0.25) is 0 Å². The lowest BCUT2D eigenvalue weighted by Crippen LogP contribution is -2.19. The molecule has 1 aliphatic rings. The van der Waals surface area contributed by atoms with Crippen molar-refractivity contribution in [1.82, 2.24) is 4.98 Å². The van der Waals surface area contributed by atoms with Crippen LogP contribution in [0.25, 0.3) is 10.2 Å². The number of anilines is 2. The highest BCUT2D eigenvalue weighted by atomic mass is 32.2. The number of carbonyl (C=O) groups is 2. The fourth-order valence-electron chi connectivity index (χ4n) is 2.48. The zero-order valence-electron chi connectivity index (χ0n) is 13.2. The van der Waals surface area contributed by atoms with E-state index in [0.29, 0.717) is 22.1 Å². The van der Waals surface area contributed by atoms with E-state index in [-0.39, 0.29) is 11.8 Å². The molecule has 0 fully saturated rings. The highest BCUT2D eigenvalue weighted by Crippen LogP contribution is 2.33. The summed E-state index contributed by atoms with van der Waals surface area (Å²) in [6.45, 7) is 0. The molecule has 1 aromatic heterocycles. The number of fused-ring (bicyclic) bond motifs is 2. The van der Waals surface area contributed by atoms with Gasteiger partial charge in [-0.25, -0.2) is 4.98 Å². The van der Waals surface area contributed by atoms with Gasteiger partial charge >= 0.3 is 0 Å². The number of hydrogen-bond acceptors (Lipinski definition) is 6. The van der Waals surface area contributed by atoms with E-state index in [1.165, 1.54) is 23.1 Å². The molecule has 0 atom stereocenters. The van der Waals surface area contributed by atoms with Crippen LogP contribution >= 0.6 is 23.1 Å². The molecule has 0 bridgehead atoms. The fraction of sp³-hybridized carbons (Fsp3) is 0.118. The predicted molar refractivity (Wildman–Crippen MR) is 99.9 cm³/mol. The summed E-state index contributed by atoms with van der Waals surface area (Å²) in [5, 5.41) is 6.12. The van der Waals surface area contributed by atoms with E-state index >= 15 is 0 Å². The second-order valence-electron chi connectivity index (χ2n) is 5.35. The van der Waals surface area contributed by atoms with Crippen molar-refractivity contribution >= 4 is 55.9 Å². The van der Waals surface area contributed by atoms with Crippen LogP contribution in [0.15, 0.2) is 41.3 Å². The molecule has 25 heavy (non-hydrogen) atoms. The number of thiazole rings is 1. The largest absolute Gasteiger partial charge is 0.497 e. The number of nitrogens with zero attached hydrogens (tertiary/aromatic N) is 1. The summed E-state index contributed by atoms with van der Waals surface area (Å²) in [6.07, 6.45) is 0. The molecule has 0 unspecified atom stereocenters. The predicted octanol–water partition coefficient (Wildman–Crippen LogP) is 3.60. The second-order valence-corrected chi connectivity index (χ2v) is 7.40. The minimum atomic E-state index is -0.265.